The van der Waals surface area contributed by atoms with Crippen LogP contribution in [0.1, 0.15) is 27.7 Å². The molecule has 2 aromatic rings. The van der Waals surface area contributed by atoms with Gasteiger partial charge in [0.15, 0.2) is 0 Å². The summed E-state index contributed by atoms with van der Waals surface area (Å²) in [4.78, 5) is 14.8. The Bertz CT molecular complexity index is 673. The second-order valence-electron chi connectivity index (χ2n) is 4.40. The van der Waals surface area contributed by atoms with Crippen LogP contribution in [-0.2, 0) is 0 Å². The van der Waals surface area contributed by atoms with Gasteiger partial charge in [0, 0.05) is 6.20 Å². The molecule has 2 rings (SSSR count). The molecule has 6 heteroatoms. The fourth-order valence-electron chi connectivity index (χ4n) is 1.92. The zero-order valence-corrected chi connectivity index (χ0v) is 11.5. The van der Waals surface area contributed by atoms with Crippen LogP contribution in [0.5, 0.6) is 5.75 Å². The molecule has 0 radical (unpaired) electrons. The molecular formula is C15H15N3O3. The maximum atomic E-state index is 12.1. The van der Waals surface area contributed by atoms with Gasteiger partial charge < -0.3 is 20.1 Å². The van der Waals surface area contributed by atoms with Gasteiger partial charge in [-0.25, -0.2) is 0 Å². The van der Waals surface area contributed by atoms with Gasteiger partial charge in [-0.2, -0.15) is 5.26 Å². The number of nitrogens with one attached hydrogen (secondary N) is 2. The third-order valence-electron chi connectivity index (χ3n) is 3.04. The molecule has 0 aliphatic carbocycles. The third-order valence-corrected chi connectivity index (χ3v) is 3.04. The number of benzene rings is 1. The van der Waals surface area contributed by atoms with Crippen molar-refractivity contribution < 1.29 is 14.6 Å². The van der Waals surface area contributed by atoms with Crippen LogP contribution in [-0.4, -0.2) is 29.7 Å². The Kier molecular flexibility index (Phi) is 4.59. The number of nitriles is 1. The number of aliphatic hydroxyl groups excluding tert-OH is 1. The molecule has 0 fully saturated rings. The number of ether oxygens (including phenoxy) is 1. The molecule has 1 aromatic heterocycles. The number of H-pyrrole nitrogens is 1. The van der Waals surface area contributed by atoms with Crippen LogP contribution in [0.15, 0.2) is 36.5 Å². The van der Waals surface area contributed by atoms with Gasteiger partial charge in [-0.3, -0.25) is 4.79 Å². The number of aromatic amines is 1. The first kappa shape index (κ1) is 14.6. The summed E-state index contributed by atoms with van der Waals surface area (Å²) in [5.74, 6) is 0.255. The van der Waals surface area contributed by atoms with Gasteiger partial charge in [0.2, 0.25) is 0 Å². The maximum absolute atomic E-state index is 12.1. The third kappa shape index (κ3) is 3.41. The monoisotopic (exact) mass is 285 g/mol. The molecule has 1 aromatic carbocycles. The first-order valence-corrected chi connectivity index (χ1v) is 6.32. The second-order valence-corrected chi connectivity index (χ2v) is 4.40. The summed E-state index contributed by atoms with van der Waals surface area (Å²) >= 11 is 0. The normalized spacial score (nSPS) is 11.5. The topological polar surface area (TPSA) is 98.1 Å². The Morgan fingerprint density at radius 3 is 2.95 bits per heavy atom. The second kappa shape index (κ2) is 6.59. The van der Waals surface area contributed by atoms with Gasteiger partial charge in [0.1, 0.15) is 17.5 Å². The van der Waals surface area contributed by atoms with Crippen LogP contribution in [0.4, 0.5) is 0 Å². The van der Waals surface area contributed by atoms with E-state index in [0.717, 1.165) is 5.56 Å². The van der Waals surface area contributed by atoms with E-state index in [0.29, 0.717) is 11.3 Å². The van der Waals surface area contributed by atoms with Gasteiger partial charge in [0.25, 0.3) is 5.91 Å². The minimum Gasteiger partial charge on any atom is -0.497 e. The van der Waals surface area contributed by atoms with Crippen LogP contribution in [0.2, 0.25) is 0 Å². The predicted molar refractivity (Wildman–Crippen MR) is 75.8 cm³/mol. The van der Waals surface area contributed by atoms with Crippen LogP contribution in [0.25, 0.3) is 0 Å². The van der Waals surface area contributed by atoms with Crippen molar-refractivity contribution in [3.8, 4) is 11.8 Å². The predicted octanol–water partition coefficient (Wildman–Crippen LogP) is 1.36. The Morgan fingerprint density at radius 2 is 2.33 bits per heavy atom. The van der Waals surface area contributed by atoms with Crippen molar-refractivity contribution in [2.75, 3.05) is 13.7 Å². The Labute approximate surface area is 122 Å². The van der Waals surface area contributed by atoms with Crippen molar-refractivity contribution in [2.45, 2.75) is 6.04 Å². The number of nitrogens with zero attached hydrogens (tertiary/aromatic N) is 1. The van der Waals surface area contributed by atoms with Gasteiger partial charge >= 0.3 is 0 Å². The zero-order chi connectivity index (χ0) is 15.2. The molecule has 0 saturated carbocycles. The van der Waals surface area contributed by atoms with Crippen molar-refractivity contribution in [3.63, 3.8) is 0 Å². The molecule has 0 saturated heterocycles. The highest BCUT2D eigenvalue weighted by atomic mass is 16.5. The van der Waals surface area contributed by atoms with E-state index < -0.39 is 11.9 Å². The standard InChI is InChI=1S/C15H15N3O3/c1-21-12-4-2-3-11(6-12)14(9-19)18-15(20)13-5-10(7-16)8-17-13/h2-6,8,14,17,19H,9H2,1H3,(H,18,20)/t14-/m0/s1. The molecule has 0 bridgehead atoms. The van der Waals surface area contributed by atoms with Crippen molar-refractivity contribution in [1.82, 2.24) is 10.3 Å². The van der Waals surface area contributed by atoms with Gasteiger partial charge in [0.05, 0.1) is 25.3 Å². The fourth-order valence-corrected chi connectivity index (χ4v) is 1.92. The number of hydrogen-bond donors (Lipinski definition) is 3. The van der Waals surface area contributed by atoms with Gasteiger partial charge in [-0.05, 0) is 23.8 Å². The number of carbonyl (C=O) groups excluding carboxylic acids is 1. The van der Waals surface area contributed by atoms with Crippen molar-refractivity contribution in [3.05, 3.63) is 53.3 Å². The lowest BCUT2D eigenvalue weighted by molar-refractivity contribution is 0.0911. The van der Waals surface area contributed by atoms with E-state index in [-0.39, 0.29) is 12.3 Å². The van der Waals surface area contributed by atoms with Crippen molar-refractivity contribution >= 4 is 5.91 Å². The molecule has 108 valence electrons. The van der Waals surface area contributed by atoms with E-state index >= 15 is 0 Å². The van der Waals surface area contributed by atoms with Crippen LogP contribution >= 0.6 is 0 Å². The lowest BCUT2D eigenvalue weighted by atomic mass is 10.1. The number of amides is 1. The number of rotatable bonds is 5. The quantitative estimate of drug-likeness (QED) is 0.772. The maximum Gasteiger partial charge on any atom is 0.268 e. The van der Waals surface area contributed by atoms with Crippen LogP contribution in [0, 0.1) is 11.3 Å². The summed E-state index contributed by atoms with van der Waals surface area (Å²) in [6.45, 7) is -0.245. The Balaban J connectivity index is 2.14. The average molecular weight is 285 g/mol. The SMILES string of the molecule is COc1cccc([C@H](CO)NC(=O)c2cc(C#N)c[nH]2)c1. The Morgan fingerprint density at radius 1 is 1.52 bits per heavy atom. The van der Waals surface area contributed by atoms with E-state index in [1.165, 1.54) is 12.3 Å². The number of methoxy groups -OCH3 is 1. The largest absolute Gasteiger partial charge is 0.497 e. The summed E-state index contributed by atoms with van der Waals surface area (Å²) in [6, 6.07) is 9.94. The highest BCUT2D eigenvalue weighted by Gasteiger charge is 2.16. The molecule has 3 N–H and O–H groups in total. The molecule has 1 amide bonds. The number of carbonyl (C=O) groups is 1. The zero-order valence-electron chi connectivity index (χ0n) is 11.5. The first-order valence-electron chi connectivity index (χ1n) is 6.32. The van der Waals surface area contributed by atoms with Crippen molar-refractivity contribution in [2.24, 2.45) is 0 Å². The van der Waals surface area contributed by atoms with Gasteiger partial charge in [-0.1, -0.05) is 12.1 Å². The average Bonchev–Trinajstić information content (AvgIpc) is 3.01. The fraction of sp³-hybridized carbons (Fsp3) is 0.200. The first-order chi connectivity index (χ1) is 10.2. The highest BCUT2D eigenvalue weighted by molar-refractivity contribution is 5.93. The van der Waals surface area contributed by atoms with E-state index in [4.69, 9.17) is 10.00 Å². The summed E-state index contributed by atoms with van der Waals surface area (Å²) in [7, 11) is 1.55. The summed E-state index contributed by atoms with van der Waals surface area (Å²) in [5.41, 5.74) is 1.38. The molecule has 1 heterocycles. The van der Waals surface area contributed by atoms with E-state index in [2.05, 4.69) is 10.3 Å². The lowest BCUT2D eigenvalue weighted by Gasteiger charge is -2.17. The molecule has 6 nitrogen and oxygen atoms in total. The molecule has 1 atom stereocenters. The highest BCUT2D eigenvalue weighted by Crippen LogP contribution is 2.19. The molecule has 21 heavy (non-hydrogen) atoms. The minimum absolute atomic E-state index is 0.245. The van der Waals surface area contributed by atoms with E-state index in [1.54, 1.807) is 31.4 Å². The molecule has 0 spiro atoms. The molecule has 0 aliphatic heterocycles. The van der Waals surface area contributed by atoms with E-state index in [1.807, 2.05) is 6.07 Å². The number of hydrogen-bond acceptors (Lipinski definition) is 4. The summed E-state index contributed by atoms with van der Waals surface area (Å²) < 4.78 is 5.12. The lowest BCUT2D eigenvalue weighted by Crippen LogP contribution is -2.31. The number of aliphatic hydroxyl groups is 1. The minimum atomic E-state index is -0.554. The summed E-state index contributed by atoms with van der Waals surface area (Å²) in [5, 5.41) is 20.9. The van der Waals surface area contributed by atoms with Crippen LogP contribution < -0.4 is 10.1 Å². The van der Waals surface area contributed by atoms with Crippen molar-refractivity contribution in [1.29, 1.82) is 5.26 Å². The number of aromatic nitrogens is 1. The molecule has 0 aliphatic rings. The van der Waals surface area contributed by atoms with E-state index in [9.17, 15) is 9.90 Å². The smallest absolute Gasteiger partial charge is 0.268 e. The van der Waals surface area contributed by atoms with Crippen LogP contribution in [0.3, 0.4) is 0 Å². The molecule has 0 unspecified atom stereocenters. The summed E-state index contributed by atoms with van der Waals surface area (Å²) in [6.07, 6.45) is 1.45. The Hall–Kier alpha value is -2.78. The molecular weight excluding hydrogens is 270 g/mol. The van der Waals surface area contributed by atoms with Gasteiger partial charge in [-0.15, -0.1) is 0 Å².